The van der Waals surface area contributed by atoms with E-state index in [1.807, 2.05) is 25.1 Å². The number of pyridine rings is 1. The minimum absolute atomic E-state index is 0.471. The van der Waals surface area contributed by atoms with Gasteiger partial charge in [0.15, 0.2) is 0 Å². The normalized spacial score (nSPS) is 26.6. The maximum absolute atomic E-state index is 6.45. The third-order valence-electron chi connectivity index (χ3n) is 4.14. The molecule has 1 saturated carbocycles. The van der Waals surface area contributed by atoms with E-state index in [1.165, 1.54) is 0 Å². The molecule has 1 aliphatic rings. The minimum Gasteiger partial charge on any atom is -0.337 e. The zero-order valence-electron chi connectivity index (χ0n) is 12.0. The maximum atomic E-state index is 6.45. The van der Waals surface area contributed by atoms with E-state index >= 15 is 0 Å². The summed E-state index contributed by atoms with van der Waals surface area (Å²) >= 11 is 0. The van der Waals surface area contributed by atoms with Crippen LogP contribution in [-0.4, -0.2) is 15.1 Å². The predicted octanol–water partition coefficient (Wildman–Crippen LogP) is 2.80. The van der Waals surface area contributed by atoms with Crippen molar-refractivity contribution in [3.8, 4) is 11.5 Å². The zero-order chi connectivity index (χ0) is 14.2. The van der Waals surface area contributed by atoms with Crippen molar-refractivity contribution >= 4 is 0 Å². The summed E-state index contributed by atoms with van der Waals surface area (Å²) in [5, 5.41) is 4.04. The van der Waals surface area contributed by atoms with Crippen LogP contribution in [0.5, 0.6) is 0 Å². The second-order valence-electron chi connectivity index (χ2n) is 5.93. The summed E-state index contributed by atoms with van der Waals surface area (Å²) in [5.74, 6) is 1.79. The molecule has 0 radical (unpaired) electrons. The third-order valence-corrected chi connectivity index (χ3v) is 4.14. The van der Waals surface area contributed by atoms with Gasteiger partial charge < -0.3 is 10.3 Å². The van der Waals surface area contributed by atoms with Gasteiger partial charge in [0.1, 0.15) is 5.69 Å². The zero-order valence-corrected chi connectivity index (χ0v) is 12.0. The van der Waals surface area contributed by atoms with Gasteiger partial charge >= 0.3 is 0 Å². The molecule has 5 heteroatoms. The second kappa shape index (κ2) is 4.98. The van der Waals surface area contributed by atoms with E-state index < -0.39 is 5.54 Å². The fraction of sp³-hybridized carbons (Fsp3) is 0.533. The van der Waals surface area contributed by atoms with Gasteiger partial charge in [-0.15, -0.1) is 0 Å². The van der Waals surface area contributed by atoms with Crippen LogP contribution >= 0.6 is 0 Å². The summed E-state index contributed by atoms with van der Waals surface area (Å²) < 4.78 is 5.41. The standard InChI is InChI=1S/C15H20N4O/c1-10-6-8-15(16,9-7-10)14-18-13(19-20-14)12-5-3-4-11(2)17-12/h3-5,10H,6-9,16H2,1-2H3. The van der Waals surface area contributed by atoms with E-state index in [9.17, 15) is 0 Å². The molecule has 0 saturated heterocycles. The predicted molar refractivity (Wildman–Crippen MR) is 75.8 cm³/mol. The molecule has 1 fully saturated rings. The first-order valence-electron chi connectivity index (χ1n) is 7.14. The summed E-state index contributed by atoms with van der Waals surface area (Å²) in [6.07, 6.45) is 4.02. The average molecular weight is 272 g/mol. The molecule has 0 unspecified atom stereocenters. The molecular formula is C15H20N4O. The monoisotopic (exact) mass is 272 g/mol. The van der Waals surface area contributed by atoms with Crippen LogP contribution in [0, 0.1) is 12.8 Å². The van der Waals surface area contributed by atoms with E-state index in [4.69, 9.17) is 10.3 Å². The molecule has 5 nitrogen and oxygen atoms in total. The molecule has 0 aliphatic heterocycles. The summed E-state index contributed by atoms with van der Waals surface area (Å²) in [5.41, 5.74) is 7.64. The molecule has 3 rings (SSSR count). The van der Waals surface area contributed by atoms with Crippen LogP contribution in [0.4, 0.5) is 0 Å². The lowest BCUT2D eigenvalue weighted by atomic mass is 9.78. The van der Waals surface area contributed by atoms with Gasteiger partial charge in [0.2, 0.25) is 11.7 Å². The molecule has 2 heterocycles. The van der Waals surface area contributed by atoms with Gasteiger partial charge in [0, 0.05) is 5.69 Å². The third kappa shape index (κ3) is 2.45. The van der Waals surface area contributed by atoms with Crippen molar-refractivity contribution in [2.75, 3.05) is 0 Å². The highest BCUT2D eigenvalue weighted by Gasteiger charge is 2.37. The quantitative estimate of drug-likeness (QED) is 0.909. The van der Waals surface area contributed by atoms with Crippen LogP contribution in [0.3, 0.4) is 0 Å². The molecule has 20 heavy (non-hydrogen) atoms. The van der Waals surface area contributed by atoms with Crippen molar-refractivity contribution in [2.24, 2.45) is 11.7 Å². The number of hydrogen-bond donors (Lipinski definition) is 1. The lowest BCUT2D eigenvalue weighted by molar-refractivity contribution is 0.190. The van der Waals surface area contributed by atoms with Crippen LogP contribution in [0.15, 0.2) is 22.7 Å². The molecule has 0 spiro atoms. The fourth-order valence-electron chi connectivity index (χ4n) is 2.69. The molecule has 0 amide bonds. The molecule has 2 aromatic heterocycles. The Bertz CT molecular complexity index is 599. The lowest BCUT2D eigenvalue weighted by Gasteiger charge is -2.32. The molecule has 2 aromatic rings. The first-order chi connectivity index (χ1) is 9.57. The first kappa shape index (κ1) is 13.2. The number of aryl methyl sites for hydroxylation is 1. The van der Waals surface area contributed by atoms with Gasteiger partial charge in [0.05, 0.1) is 5.54 Å². The summed E-state index contributed by atoms with van der Waals surface area (Å²) in [6.45, 7) is 4.20. The highest BCUT2D eigenvalue weighted by atomic mass is 16.5. The minimum atomic E-state index is -0.471. The van der Waals surface area contributed by atoms with E-state index in [-0.39, 0.29) is 0 Å². The van der Waals surface area contributed by atoms with Gasteiger partial charge in [-0.25, -0.2) is 4.98 Å². The topological polar surface area (TPSA) is 77.8 Å². The van der Waals surface area contributed by atoms with E-state index in [2.05, 4.69) is 22.0 Å². The van der Waals surface area contributed by atoms with Gasteiger partial charge in [-0.05, 0) is 50.7 Å². The lowest BCUT2D eigenvalue weighted by Crippen LogP contribution is -2.40. The van der Waals surface area contributed by atoms with Crippen LogP contribution in [0.2, 0.25) is 0 Å². The number of rotatable bonds is 2. The first-order valence-corrected chi connectivity index (χ1v) is 7.14. The molecule has 0 bridgehead atoms. The van der Waals surface area contributed by atoms with Crippen molar-refractivity contribution in [3.05, 3.63) is 29.8 Å². The Morgan fingerprint density at radius 2 is 2.00 bits per heavy atom. The van der Waals surface area contributed by atoms with Crippen LogP contribution in [0.25, 0.3) is 11.5 Å². The molecule has 0 atom stereocenters. The molecule has 106 valence electrons. The maximum Gasteiger partial charge on any atom is 0.247 e. The van der Waals surface area contributed by atoms with Crippen molar-refractivity contribution in [3.63, 3.8) is 0 Å². The summed E-state index contributed by atoms with van der Waals surface area (Å²) in [7, 11) is 0. The van der Waals surface area contributed by atoms with Crippen LogP contribution in [0.1, 0.15) is 44.2 Å². The summed E-state index contributed by atoms with van der Waals surface area (Å²) in [6, 6.07) is 5.76. The molecule has 1 aliphatic carbocycles. The Hall–Kier alpha value is -1.75. The fourth-order valence-corrected chi connectivity index (χ4v) is 2.69. The van der Waals surface area contributed by atoms with Crippen LogP contribution < -0.4 is 5.73 Å². The van der Waals surface area contributed by atoms with Gasteiger partial charge in [0.25, 0.3) is 0 Å². The average Bonchev–Trinajstić information content (AvgIpc) is 2.93. The SMILES string of the molecule is Cc1cccc(-c2noc(C3(N)CCC(C)CC3)n2)n1. The van der Waals surface area contributed by atoms with Crippen molar-refractivity contribution in [1.29, 1.82) is 0 Å². The largest absolute Gasteiger partial charge is 0.337 e. The Morgan fingerprint density at radius 1 is 1.25 bits per heavy atom. The molecule has 0 aromatic carbocycles. The highest BCUT2D eigenvalue weighted by molar-refractivity contribution is 5.48. The molecular weight excluding hydrogens is 252 g/mol. The Labute approximate surface area is 118 Å². The Morgan fingerprint density at radius 3 is 2.70 bits per heavy atom. The van der Waals surface area contributed by atoms with Gasteiger partial charge in [-0.1, -0.05) is 18.1 Å². The smallest absolute Gasteiger partial charge is 0.247 e. The van der Waals surface area contributed by atoms with E-state index in [1.54, 1.807) is 0 Å². The van der Waals surface area contributed by atoms with E-state index in [0.717, 1.165) is 43.0 Å². The van der Waals surface area contributed by atoms with Crippen LogP contribution in [-0.2, 0) is 5.54 Å². The summed E-state index contributed by atoms with van der Waals surface area (Å²) in [4.78, 5) is 8.89. The Kier molecular flexibility index (Phi) is 3.30. The number of hydrogen-bond acceptors (Lipinski definition) is 5. The van der Waals surface area contributed by atoms with Crippen molar-refractivity contribution in [2.45, 2.75) is 45.1 Å². The van der Waals surface area contributed by atoms with Crippen molar-refractivity contribution in [1.82, 2.24) is 15.1 Å². The number of aromatic nitrogens is 3. The Balaban J connectivity index is 1.87. The van der Waals surface area contributed by atoms with Crippen molar-refractivity contribution < 1.29 is 4.52 Å². The van der Waals surface area contributed by atoms with Gasteiger partial charge in [-0.3, -0.25) is 0 Å². The van der Waals surface area contributed by atoms with E-state index in [0.29, 0.717) is 11.7 Å². The van der Waals surface area contributed by atoms with Gasteiger partial charge in [-0.2, -0.15) is 4.98 Å². The second-order valence-corrected chi connectivity index (χ2v) is 5.93. The highest BCUT2D eigenvalue weighted by Crippen LogP contribution is 2.36. The number of nitrogens with two attached hydrogens (primary N) is 1. The molecule has 2 N–H and O–H groups in total. The number of nitrogens with zero attached hydrogens (tertiary/aromatic N) is 3.